The highest BCUT2D eigenvalue weighted by Crippen LogP contribution is 2.26. The van der Waals surface area contributed by atoms with Crippen molar-refractivity contribution < 1.29 is 5.11 Å². The normalized spacial score (nSPS) is 11.0. The lowest BCUT2D eigenvalue weighted by Crippen LogP contribution is -2.23. The zero-order valence-electron chi connectivity index (χ0n) is 14.7. The number of aryl methyl sites for hydroxylation is 2. The van der Waals surface area contributed by atoms with Gasteiger partial charge in [-0.15, -0.1) is 0 Å². The van der Waals surface area contributed by atoms with Crippen LogP contribution in [0.4, 0.5) is 0 Å². The lowest BCUT2D eigenvalue weighted by molar-refractivity contribution is 0.238. The minimum absolute atomic E-state index is 0.373. The van der Waals surface area contributed by atoms with E-state index in [-0.39, 0.29) is 0 Å². The molecule has 0 aliphatic heterocycles. The molecule has 4 nitrogen and oxygen atoms in total. The van der Waals surface area contributed by atoms with Gasteiger partial charge in [0.1, 0.15) is 5.75 Å². The van der Waals surface area contributed by atoms with Gasteiger partial charge < -0.3 is 5.11 Å². The van der Waals surface area contributed by atoms with Gasteiger partial charge in [-0.2, -0.15) is 0 Å². The van der Waals surface area contributed by atoms with Crippen LogP contribution in [-0.2, 0) is 19.6 Å². The second-order valence-electron chi connectivity index (χ2n) is 6.38. The molecule has 0 aliphatic carbocycles. The Morgan fingerprint density at radius 1 is 0.840 bits per heavy atom. The maximum atomic E-state index is 10.4. The molecular weight excluding hydrogens is 310 g/mol. The van der Waals surface area contributed by atoms with Gasteiger partial charge >= 0.3 is 0 Å². The number of aromatic nitrogens is 2. The molecule has 3 aromatic rings. The molecule has 4 heteroatoms. The summed E-state index contributed by atoms with van der Waals surface area (Å²) in [6.07, 6.45) is 3.62. The average Bonchev–Trinajstić information content (AvgIpc) is 2.61. The van der Waals surface area contributed by atoms with Crippen molar-refractivity contribution in [2.45, 2.75) is 33.5 Å². The highest BCUT2D eigenvalue weighted by atomic mass is 16.3. The number of hydrogen-bond donors (Lipinski definition) is 1. The predicted octanol–water partition coefficient (Wildman–Crippen LogP) is 4.00. The molecule has 0 unspecified atom stereocenters. The largest absolute Gasteiger partial charge is 0.507 e. The highest BCUT2D eigenvalue weighted by molar-refractivity contribution is 5.42. The van der Waals surface area contributed by atoms with Crippen LogP contribution >= 0.6 is 0 Å². The molecule has 128 valence electrons. The van der Waals surface area contributed by atoms with Gasteiger partial charge in [0.25, 0.3) is 0 Å². The first-order chi connectivity index (χ1) is 12.1. The van der Waals surface area contributed by atoms with Crippen molar-refractivity contribution in [2.75, 3.05) is 0 Å². The van der Waals surface area contributed by atoms with E-state index >= 15 is 0 Å². The van der Waals surface area contributed by atoms with Crippen LogP contribution in [0.3, 0.4) is 0 Å². The quantitative estimate of drug-likeness (QED) is 0.741. The van der Waals surface area contributed by atoms with Gasteiger partial charge in [0.05, 0.1) is 11.4 Å². The Bertz CT molecular complexity index is 778. The van der Waals surface area contributed by atoms with Gasteiger partial charge in [-0.05, 0) is 43.7 Å². The molecule has 0 saturated carbocycles. The molecule has 2 heterocycles. The van der Waals surface area contributed by atoms with Crippen molar-refractivity contribution in [1.29, 1.82) is 0 Å². The van der Waals surface area contributed by atoms with Crippen LogP contribution in [0.15, 0.2) is 60.9 Å². The molecule has 0 amide bonds. The van der Waals surface area contributed by atoms with Crippen LogP contribution in [-0.4, -0.2) is 20.0 Å². The average molecular weight is 333 g/mol. The van der Waals surface area contributed by atoms with Crippen LogP contribution in [0, 0.1) is 13.8 Å². The van der Waals surface area contributed by atoms with Crippen molar-refractivity contribution in [3.05, 3.63) is 89.0 Å². The molecule has 2 aromatic heterocycles. The molecular formula is C21H23N3O. The Kier molecular flexibility index (Phi) is 5.41. The number of hydrogen-bond acceptors (Lipinski definition) is 4. The third-order valence-corrected chi connectivity index (χ3v) is 4.14. The number of pyridine rings is 2. The molecule has 3 rings (SSSR count). The fourth-order valence-corrected chi connectivity index (χ4v) is 3.02. The van der Waals surface area contributed by atoms with Gasteiger partial charge in [-0.3, -0.25) is 14.9 Å². The topological polar surface area (TPSA) is 49.2 Å². The summed E-state index contributed by atoms with van der Waals surface area (Å²) in [5.41, 5.74) is 5.00. The van der Waals surface area contributed by atoms with E-state index in [4.69, 9.17) is 0 Å². The number of phenolic OH excluding ortho intramolecular Hbond substituents is 1. The summed E-state index contributed by atoms with van der Waals surface area (Å²) in [5, 5.41) is 10.4. The summed E-state index contributed by atoms with van der Waals surface area (Å²) in [6, 6.07) is 15.9. The monoisotopic (exact) mass is 333 g/mol. The molecule has 0 spiro atoms. The van der Waals surface area contributed by atoms with E-state index in [0.29, 0.717) is 25.4 Å². The molecule has 0 atom stereocenters. The van der Waals surface area contributed by atoms with Gasteiger partial charge in [-0.25, -0.2) is 0 Å². The summed E-state index contributed by atoms with van der Waals surface area (Å²) >= 11 is 0. The lowest BCUT2D eigenvalue weighted by atomic mass is 10.0. The van der Waals surface area contributed by atoms with E-state index < -0.39 is 0 Å². The lowest BCUT2D eigenvalue weighted by Gasteiger charge is -2.23. The summed E-state index contributed by atoms with van der Waals surface area (Å²) in [7, 11) is 0. The van der Waals surface area contributed by atoms with E-state index in [1.165, 1.54) is 0 Å². The molecule has 0 bridgehead atoms. The Morgan fingerprint density at radius 3 is 1.96 bits per heavy atom. The van der Waals surface area contributed by atoms with Gasteiger partial charge in [0, 0.05) is 37.6 Å². The molecule has 1 aromatic carbocycles. The van der Waals surface area contributed by atoms with E-state index in [1.807, 2.05) is 67.8 Å². The Morgan fingerprint density at radius 2 is 1.44 bits per heavy atom. The SMILES string of the molecule is Cc1cc(C)c(O)c(CN(Cc2ccccn2)Cc2ccccn2)c1. The standard InChI is InChI=1S/C21H23N3O/c1-16-11-17(2)21(25)18(12-16)13-24(14-19-7-3-5-9-22-19)15-20-8-4-6-10-23-20/h3-12,25H,13-15H2,1-2H3. The fraction of sp³-hybridized carbons (Fsp3) is 0.238. The maximum Gasteiger partial charge on any atom is 0.122 e. The Balaban J connectivity index is 1.85. The Hall–Kier alpha value is -2.72. The third-order valence-electron chi connectivity index (χ3n) is 4.14. The van der Waals surface area contributed by atoms with Crippen molar-refractivity contribution in [3.8, 4) is 5.75 Å². The number of rotatable bonds is 6. The van der Waals surface area contributed by atoms with E-state index in [0.717, 1.165) is 28.1 Å². The zero-order chi connectivity index (χ0) is 17.6. The first-order valence-corrected chi connectivity index (χ1v) is 8.43. The summed E-state index contributed by atoms with van der Waals surface area (Å²) in [6.45, 7) is 6.03. The van der Waals surface area contributed by atoms with Crippen molar-refractivity contribution in [3.63, 3.8) is 0 Å². The molecule has 25 heavy (non-hydrogen) atoms. The van der Waals surface area contributed by atoms with E-state index in [2.05, 4.69) is 21.8 Å². The zero-order valence-corrected chi connectivity index (χ0v) is 14.7. The van der Waals surface area contributed by atoms with Gasteiger partial charge in [0.2, 0.25) is 0 Å². The number of benzene rings is 1. The third kappa shape index (κ3) is 4.64. The second-order valence-corrected chi connectivity index (χ2v) is 6.38. The van der Waals surface area contributed by atoms with Crippen molar-refractivity contribution in [2.24, 2.45) is 0 Å². The molecule has 0 fully saturated rings. The minimum Gasteiger partial charge on any atom is -0.507 e. The first kappa shape index (κ1) is 17.1. The van der Waals surface area contributed by atoms with E-state index in [9.17, 15) is 5.11 Å². The molecule has 0 saturated heterocycles. The first-order valence-electron chi connectivity index (χ1n) is 8.43. The summed E-state index contributed by atoms with van der Waals surface area (Å²) in [5.74, 6) is 0.373. The van der Waals surface area contributed by atoms with Crippen LogP contribution < -0.4 is 0 Å². The summed E-state index contributed by atoms with van der Waals surface area (Å²) < 4.78 is 0. The maximum absolute atomic E-state index is 10.4. The number of aromatic hydroxyl groups is 1. The van der Waals surface area contributed by atoms with Crippen molar-refractivity contribution in [1.82, 2.24) is 14.9 Å². The predicted molar refractivity (Wildman–Crippen MR) is 99.0 cm³/mol. The number of nitrogens with zero attached hydrogens (tertiary/aromatic N) is 3. The highest BCUT2D eigenvalue weighted by Gasteiger charge is 2.13. The smallest absolute Gasteiger partial charge is 0.122 e. The molecule has 1 N–H and O–H groups in total. The van der Waals surface area contributed by atoms with Crippen LogP contribution in [0.5, 0.6) is 5.75 Å². The van der Waals surface area contributed by atoms with Crippen LogP contribution in [0.25, 0.3) is 0 Å². The Labute approximate surface area is 148 Å². The second kappa shape index (κ2) is 7.90. The van der Waals surface area contributed by atoms with Crippen LogP contribution in [0.2, 0.25) is 0 Å². The van der Waals surface area contributed by atoms with E-state index in [1.54, 1.807) is 0 Å². The van der Waals surface area contributed by atoms with Crippen LogP contribution in [0.1, 0.15) is 28.1 Å². The van der Waals surface area contributed by atoms with Gasteiger partial charge in [0.15, 0.2) is 0 Å². The van der Waals surface area contributed by atoms with Crippen molar-refractivity contribution >= 4 is 0 Å². The molecule has 0 radical (unpaired) electrons. The molecule has 0 aliphatic rings. The van der Waals surface area contributed by atoms with Gasteiger partial charge in [-0.1, -0.05) is 29.8 Å². The minimum atomic E-state index is 0.373. The number of phenols is 1. The fourth-order valence-electron chi connectivity index (χ4n) is 3.02. The summed E-state index contributed by atoms with van der Waals surface area (Å²) in [4.78, 5) is 11.1.